The van der Waals surface area contributed by atoms with Crippen molar-refractivity contribution in [2.75, 3.05) is 18.0 Å². The molecule has 1 unspecified atom stereocenters. The second-order valence-electron chi connectivity index (χ2n) is 4.97. The van der Waals surface area contributed by atoms with Gasteiger partial charge >= 0.3 is 0 Å². The van der Waals surface area contributed by atoms with Gasteiger partial charge in [0.25, 0.3) is 11.6 Å². The lowest BCUT2D eigenvalue weighted by molar-refractivity contribution is -0.385. The molecule has 0 aromatic carbocycles. The van der Waals surface area contributed by atoms with E-state index in [1.54, 1.807) is 0 Å². The summed E-state index contributed by atoms with van der Waals surface area (Å²) in [5, 5.41) is 13.5. The maximum Gasteiger partial charge on any atom is 0.288 e. The Morgan fingerprint density at radius 3 is 3.05 bits per heavy atom. The molecule has 2 rings (SSSR count). The van der Waals surface area contributed by atoms with Gasteiger partial charge in [0, 0.05) is 17.4 Å². The van der Waals surface area contributed by atoms with Crippen LogP contribution in [0.25, 0.3) is 0 Å². The number of nitrogen functional groups attached to an aromatic ring is 1. The van der Waals surface area contributed by atoms with E-state index in [0.717, 1.165) is 30.9 Å². The Labute approximate surface area is 120 Å². The minimum atomic E-state index is -0.600. The highest BCUT2D eigenvalue weighted by atomic mass is 32.2. The van der Waals surface area contributed by atoms with Crippen molar-refractivity contribution in [1.82, 2.24) is 10.3 Å². The first-order valence-corrected chi connectivity index (χ1v) is 7.22. The Morgan fingerprint density at radius 2 is 2.45 bits per heavy atom. The molecule has 0 aliphatic carbocycles. The molecule has 0 spiro atoms. The maximum atomic E-state index is 12.1. The lowest BCUT2D eigenvalue weighted by atomic mass is 10.1. The number of thioether (sulfide) groups is 1. The van der Waals surface area contributed by atoms with Gasteiger partial charge in [0.05, 0.1) is 10.5 Å². The summed E-state index contributed by atoms with van der Waals surface area (Å²) in [6.45, 7) is 2.61. The molecule has 1 saturated heterocycles. The zero-order valence-electron chi connectivity index (χ0n) is 11.1. The van der Waals surface area contributed by atoms with Crippen LogP contribution in [0.2, 0.25) is 0 Å². The molecule has 1 atom stereocenters. The van der Waals surface area contributed by atoms with E-state index >= 15 is 0 Å². The van der Waals surface area contributed by atoms with Crippen LogP contribution < -0.4 is 11.1 Å². The molecule has 1 fully saturated rings. The zero-order valence-corrected chi connectivity index (χ0v) is 11.9. The summed E-state index contributed by atoms with van der Waals surface area (Å²) in [6, 6.07) is 1.15. The third-order valence-electron chi connectivity index (χ3n) is 3.28. The molecule has 2 heterocycles. The van der Waals surface area contributed by atoms with Crippen molar-refractivity contribution in [3.05, 3.63) is 27.9 Å². The molecule has 3 N–H and O–H groups in total. The second-order valence-corrected chi connectivity index (χ2v) is 6.65. The summed E-state index contributed by atoms with van der Waals surface area (Å²) in [5.41, 5.74) is 5.41. The molecule has 1 aliphatic heterocycles. The Kier molecular flexibility index (Phi) is 4.12. The number of nitrogens with one attached hydrogen (secondary N) is 1. The number of aromatic nitrogens is 1. The number of nitrogens with zero attached hydrogens (tertiary/aromatic N) is 2. The van der Waals surface area contributed by atoms with Gasteiger partial charge in [0.2, 0.25) is 0 Å². The van der Waals surface area contributed by atoms with Gasteiger partial charge in [-0.3, -0.25) is 14.9 Å². The summed E-state index contributed by atoms with van der Waals surface area (Å²) in [5.74, 6) is 0.664. The van der Waals surface area contributed by atoms with Gasteiger partial charge in [-0.25, -0.2) is 4.98 Å². The van der Waals surface area contributed by atoms with Crippen molar-refractivity contribution < 1.29 is 9.72 Å². The minimum absolute atomic E-state index is 0.00247. The standard InChI is InChI=1S/C12H16N4O3S/c1-12(3-2-4-20-12)7-15-11(17)9-5-8(16(18)19)6-14-10(9)13/h5-6H,2-4,7H2,1H3,(H2,13,14)(H,15,17). The molecule has 1 aromatic rings. The number of rotatable bonds is 4. The summed E-state index contributed by atoms with van der Waals surface area (Å²) in [4.78, 5) is 25.9. The van der Waals surface area contributed by atoms with Gasteiger partial charge < -0.3 is 11.1 Å². The average molecular weight is 296 g/mol. The predicted molar refractivity (Wildman–Crippen MR) is 77.7 cm³/mol. The Morgan fingerprint density at radius 1 is 1.70 bits per heavy atom. The number of hydrogen-bond acceptors (Lipinski definition) is 6. The van der Waals surface area contributed by atoms with Crippen molar-refractivity contribution in [2.24, 2.45) is 0 Å². The van der Waals surface area contributed by atoms with Gasteiger partial charge in [-0.1, -0.05) is 0 Å². The molecule has 8 heteroatoms. The Hall–Kier alpha value is -1.83. The monoisotopic (exact) mass is 296 g/mol. The van der Waals surface area contributed by atoms with E-state index in [4.69, 9.17) is 5.73 Å². The van der Waals surface area contributed by atoms with Crippen LogP contribution >= 0.6 is 11.8 Å². The fourth-order valence-corrected chi connectivity index (χ4v) is 3.33. The average Bonchev–Trinajstić information content (AvgIpc) is 2.84. The third-order valence-corrected chi connectivity index (χ3v) is 4.82. The molecule has 1 amide bonds. The van der Waals surface area contributed by atoms with E-state index in [1.165, 1.54) is 0 Å². The van der Waals surface area contributed by atoms with Crippen LogP contribution in [0.4, 0.5) is 11.5 Å². The second kappa shape index (κ2) is 5.66. The molecule has 7 nitrogen and oxygen atoms in total. The first-order chi connectivity index (χ1) is 9.41. The summed E-state index contributed by atoms with van der Waals surface area (Å²) in [6.07, 6.45) is 3.22. The van der Waals surface area contributed by atoms with Crippen LogP contribution in [0.3, 0.4) is 0 Å². The number of hydrogen-bond donors (Lipinski definition) is 2. The Bertz CT molecular complexity index is 544. The normalized spacial score (nSPS) is 21.6. The largest absolute Gasteiger partial charge is 0.383 e. The first-order valence-electron chi connectivity index (χ1n) is 6.23. The van der Waals surface area contributed by atoms with Crippen LogP contribution in [-0.4, -0.2) is 32.9 Å². The number of carbonyl (C=O) groups is 1. The van der Waals surface area contributed by atoms with E-state index in [1.807, 2.05) is 11.8 Å². The molecule has 0 saturated carbocycles. The van der Waals surface area contributed by atoms with Crippen LogP contribution in [0.5, 0.6) is 0 Å². The highest BCUT2D eigenvalue weighted by molar-refractivity contribution is 8.00. The number of anilines is 1. The molecule has 0 bridgehead atoms. The van der Waals surface area contributed by atoms with Gasteiger partial charge in [0.1, 0.15) is 12.0 Å². The van der Waals surface area contributed by atoms with Crippen LogP contribution in [0.1, 0.15) is 30.1 Å². The Balaban J connectivity index is 2.08. The summed E-state index contributed by atoms with van der Waals surface area (Å²) in [7, 11) is 0. The van der Waals surface area contributed by atoms with Crippen molar-refractivity contribution >= 4 is 29.2 Å². The van der Waals surface area contributed by atoms with Crippen molar-refractivity contribution in [1.29, 1.82) is 0 Å². The fourth-order valence-electron chi connectivity index (χ4n) is 2.08. The SMILES string of the molecule is CC1(CNC(=O)c2cc([N+](=O)[O-])cnc2N)CCCS1. The van der Waals surface area contributed by atoms with Gasteiger partial charge in [-0.15, -0.1) is 0 Å². The number of nitrogens with two attached hydrogens (primary N) is 1. The number of pyridine rings is 1. The molecule has 108 valence electrons. The van der Waals surface area contributed by atoms with Crippen molar-refractivity contribution in [3.63, 3.8) is 0 Å². The van der Waals surface area contributed by atoms with Crippen molar-refractivity contribution in [2.45, 2.75) is 24.5 Å². The van der Waals surface area contributed by atoms with E-state index in [2.05, 4.69) is 17.2 Å². The van der Waals surface area contributed by atoms with Gasteiger partial charge in [0.15, 0.2) is 0 Å². The topological polar surface area (TPSA) is 111 Å². The van der Waals surface area contributed by atoms with Crippen LogP contribution in [-0.2, 0) is 0 Å². The summed E-state index contributed by atoms with van der Waals surface area (Å²) >= 11 is 1.82. The predicted octanol–water partition coefficient (Wildman–Crippen LogP) is 1.59. The third kappa shape index (κ3) is 3.19. The number of nitro groups is 1. The number of amides is 1. The zero-order chi connectivity index (χ0) is 14.8. The highest BCUT2D eigenvalue weighted by Gasteiger charge is 2.30. The van der Waals surface area contributed by atoms with Gasteiger partial charge in [-0.2, -0.15) is 11.8 Å². The number of carbonyl (C=O) groups excluding carboxylic acids is 1. The summed E-state index contributed by atoms with van der Waals surface area (Å²) < 4.78 is 0.0264. The molecule has 20 heavy (non-hydrogen) atoms. The van der Waals surface area contributed by atoms with E-state index in [-0.39, 0.29) is 21.8 Å². The smallest absolute Gasteiger partial charge is 0.288 e. The van der Waals surface area contributed by atoms with E-state index in [0.29, 0.717) is 6.54 Å². The highest BCUT2D eigenvalue weighted by Crippen LogP contribution is 2.37. The van der Waals surface area contributed by atoms with Crippen molar-refractivity contribution in [3.8, 4) is 0 Å². The minimum Gasteiger partial charge on any atom is -0.383 e. The maximum absolute atomic E-state index is 12.1. The molecule has 0 radical (unpaired) electrons. The molecular formula is C12H16N4O3S. The lowest BCUT2D eigenvalue weighted by Gasteiger charge is -2.22. The van der Waals surface area contributed by atoms with Gasteiger partial charge in [-0.05, 0) is 25.5 Å². The molecule has 1 aromatic heterocycles. The van der Waals surface area contributed by atoms with Crippen LogP contribution in [0.15, 0.2) is 12.3 Å². The first kappa shape index (κ1) is 14.6. The molecule has 1 aliphatic rings. The molecular weight excluding hydrogens is 280 g/mol. The quantitative estimate of drug-likeness (QED) is 0.644. The fraction of sp³-hybridized carbons (Fsp3) is 0.500. The van der Waals surface area contributed by atoms with E-state index in [9.17, 15) is 14.9 Å². The van der Waals surface area contributed by atoms with Crippen LogP contribution in [0, 0.1) is 10.1 Å². The lowest BCUT2D eigenvalue weighted by Crippen LogP contribution is -2.37. The van der Waals surface area contributed by atoms with E-state index < -0.39 is 10.8 Å².